The summed E-state index contributed by atoms with van der Waals surface area (Å²) in [6.45, 7) is -0.0962. The van der Waals surface area contributed by atoms with E-state index in [9.17, 15) is 28.1 Å². The molecule has 1 aliphatic heterocycles. The number of nitrogens with zero attached hydrogens (tertiary/aromatic N) is 2. The van der Waals surface area contributed by atoms with Crippen LogP contribution in [0.25, 0.3) is 0 Å². The fourth-order valence-corrected chi connectivity index (χ4v) is 4.69. The molecule has 0 aromatic heterocycles. The third-order valence-electron chi connectivity index (χ3n) is 4.64. The summed E-state index contributed by atoms with van der Waals surface area (Å²) >= 11 is 6.00. The van der Waals surface area contributed by atoms with Crippen LogP contribution < -0.4 is 10.6 Å². The molecule has 3 rings (SSSR count). The van der Waals surface area contributed by atoms with Crippen LogP contribution in [0.3, 0.4) is 0 Å². The average molecular weight is 483 g/mol. The Morgan fingerprint density at radius 2 is 1.78 bits per heavy atom. The van der Waals surface area contributed by atoms with Gasteiger partial charge in [-0.1, -0.05) is 29.8 Å². The van der Waals surface area contributed by atoms with Gasteiger partial charge < -0.3 is 15.4 Å². The fourth-order valence-electron chi connectivity index (χ4n) is 2.97. The number of carbonyl (C=O) groups is 2. The van der Waals surface area contributed by atoms with Crippen LogP contribution in [0.15, 0.2) is 53.4 Å². The Morgan fingerprint density at radius 3 is 2.44 bits per heavy atom. The molecule has 1 heterocycles. The molecular formula is C19H19ClN4O7S. The van der Waals surface area contributed by atoms with Gasteiger partial charge in [-0.05, 0) is 23.8 Å². The lowest BCUT2D eigenvalue weighted by Crippen LogP contribution is -2.47. The second-order valence-corrected chi connectivity index (χ2v) is 8.97. The number of hydrogen-bond donors (Lipinski definition) is 2. The van der Waals surface area contributed by atoms with E-state index in [4.69, 9.17) is 16.3 Å². The topological polar surface area (TPSA) is 148 Å². The van der Waals surface area contributed by atoms with Crippen LogP contribution >= 0.6 is 11.6 Å². The molecular weight excluding hydrogens is 464 g/mol. The van der Waals surface area contributed by atoms with Gasteiger partial charge in [-0.3, -0.25) is 19.7 Å². The van der Waals surface area contributed by atoms with Crippen molar-refractivity contribution in [2.45, 2.75) is 17.7 Å². The number of ether oxygens (including phenoxy) is 1. The molecule has 11 nitrogen and oxygen atoms in total. The van der Waals surface area contributed by atoms with Crippen molar-refractivity contribution in [3.63, 3.8) is 0 Å². The maximum atomic E-state index is 12.9. The van der Waals surface area contributed by atoms with E-state index in [-0.39, 0.29) is 36.8 Å². The Morgan fingerprint density at radius 1 is 1.12 bits per heavy atom. The van der Waals surface area contributed by atoms with E-state index >= 15 is 0 Å². The molecule has 0 spiro atoms. The Balaban J connectivity index is 1.58. The SMILES string of the molecule is O=C(NCc1ccccc1Cl)C(=O)NC[C@@H]1OCCN1S(=O)(=O)c1ccc([N+](=O)[O-])cc1. The Hall–Kier alpha value is -3.06. The van der Waals surface area contributed by atoms with Gasteiger partial charge in [0.15, 0.2) is 0 Å². The summed E-state index contributed by atoms with van der Waals surface area (Å²) < 4.78 is 32.1. The highest BCUT2D eigenvalue weighted by molar-refractivity contribution is 7.89. The molecule has 0 radical (unpaired) electrons. The molecule has 1 saturated heterocycles. The van der Waals surface area contributed by atoms with Gasteiger partial charge in [-0.15, -0.1) is 0 Å². The van der Waals surface area contributed by atoms with Gasteiger partial charge in [0.1, 0.15) is 6.23 Å². The van der Waals surface area contributed by atoms with Crippen LogP contribution in [0.5, 0.6) is 0 Å². The van der Waals surface area contributed by atoms with E-state index in [1.165, 1.54) is 0 Å². The number of benzene rings is 2. The van der Waals surface area contributed by atoms with Gasteiger partial charge in [-0.25, -0.2) is 8.42 Å². The van der Waals surface area contributed by atoms with Crippen molar-refractivity contribution < 1.29 is 27.7 Å². The normalized spacial score (nSPS) is 16.5. The first-order chi connectivity index (χ1) is 15.2. The molecule has 2 amide bonds. The summed E-state index contributed by atoms with van der Waals surface area (Å²) in [5, 5.41) is 16.0. The van der Waals surface area contributed by atoms with Crippen molar-refractivity contribution in [3.8, 4) is 0 Å². The summed E-state index contributed by atoms with van der Waals surface area (Å²) in [5.41, 5.74) is 0.392. The Labute approximate surface area is 188 Å². The number of non-ortho nitro benzene ring substituents is 1. The smallest absolute Gasteiger partial charge is 0.309 e. The number of nitrogens with one attached hydrogen (secondary N) is 2. The largest absolute Gasteiger partial charge is 0.359 e. The zero-order valence-electron chi connectivity index (χ0n) is 16.6. The number of sulfonamides is 1. The summed E-state index contributed by atoms with van der Waals surface area (Å²) in [5.74, 6) is -1.87. The molecule has 170 valence electrons. The Kier molecular flexibility index (Phi) is 7.40. The van der Waals surface area contributed by atoms with Crippen molar-refractivity contribution in [2.75, 3.05) is 19.7 Å². The van der Waals surface area contributed by atoms with E-state index in [2.05, 4.69) is 10.6 Å². The van der Waals surface area contributed by atoms with Gasteiger partial charge in [-0.2, -0.15) is 4.31 Å². The van der Waals surface area contributed by atoms with Crippen molar-refractivity contribution in [1.82, 2.24) is 14.9 Å². The molecule has 1 atom stereocenters. The number of nitro benzene ring substituents is 1. The van der Waals surface area contributed by atoms with Gasteiger partial charge >= 0.3 is 11.8 Å². The van der Waals surface area contributed by atoms with E-state index in [0.717, 1.165) is 28.6 Å². The molecule has 2 aromatic carbocycles. The van der Waals surface area contributed by atoms with E-state index in [0.29, 0.717) is 10.6 Å². The van der Waals surface area contributed by atoms with Crippen molar-refractivity contribution in [3.05, 3.63) is 69.2 Å². The van der Waals surface area contributed by atoms with E-state index < -0.39 is 33.0 Å². The first-order valence-corrected chi connectivity index (χ1v) is 11.2. The molecule has 1 aliphatic rings. The maximum absolute atomic E-state index is 12.9. The molecule has 0 aliphatic carbocycles. The Bertz CT molecular complexity index is 1120. The highest BCUT2D eigenvalue weighted by Gasteiger charge is 2.36. The van der Waals surface area contributed by atoms with Gasteiger partial charge in [0.05, 0.1) is 23.0 Å². The third kappa shape index (κ3) is 5.40. The third-order valence-corrected chi connectivity index (χ3v) is 6.91. The van der Waals surface area contributed by atoms with Crippen LogP contribution in [0.2, 0.25) is 5.02 Å². The van der Waals surface area contributed by atoms with E-state index in [1.54, 1.807) is 24.3 Å². The molecule has 2 N–H and O–H groups in total. The lowest BCUT2D eigenvalue weighted by atomic mass is 10.2. The summed E-state index contributed by atoms with van der Waals surface area (Å²) in [4.78, 5) is 34.1. The second kappa shape index (κ2) is 10.0. The van der Waals surface area contributed by atoms with Crippen molar-refractivity contribution in [1.29, 1.82) is 0 Å². The summed E-state index contributed by atoms with van der Waals surface area (Å²) in [7, 11) is -4.03. The summed E-state index contributed by atoms with van der Waals surface area (Å²) in [6.07, 6.45) is -1.03. The number of rotatable bonds is 7. The van der Waals surface area contributed by atoms with Gasteiger partial charge in [0, 0.05) is 30.2 Å². The summed E-state index contributed by atoms with van der Waals surface area (Å²) in [6, 6.07) is 11.3. The molecule has 0 unspecified atom stereocenters. The quantitative estimate of drug-likeness (QED) is 0.340. The van der Waals surface area contributed by atoms with Crippen molar-refractivity contribution in [2.24, 2.45) is 0 Å². The van der Waals surface area contributed by atoms with Crippen LogP contribution in [-0.2, 0) is 30.9 Å². The van der Waals surface area contributed by atoms with Gasteiger partial charge in [0.25, 0.3) is 5.69 Å². The van der Waals surface area contributed by atoms with E-state index in [1.807, 2.05) is 0 Å². The highest BCUT2D eigenvalue weighted by atomic mass is 35.5. The van der Waals surface area contributed by atoms with Crippen LogP contribution in [0.1, 0.15) is 5.56 Å². The first kappa shape index (κ1) is 23.6. The van der Waals surface area contributed by atoms with Crippen molar-refractivity contribution >= 4 is 39.1 Å². The fraction of sp³-hybridized carbons (Fsp3) is 0.263. The molecule has 1 fully saturated rings. The van der Waals surface area contributed by atoms with Crippen LogP contribution in [-0.4, -0.2) is 55.4 Å². The lowest BCUT2D eigenvalue weighted by Gasteiger charge is -2.22. The minimum atomic E-state index is -4.03. The zero-order chi connectivity index (χ0) is 23.3. The predicted octanol–water partition coefficient (Wildman–Crippen LogP) is 1.03. The number of halogens is 1. The highest BCUT2D eigenvalue weighted by Crippen LogP contribution is 2.24. The number of carbonyl (C=O) groups excluding carboxylic acids is 2. The minimum absolute atomic E-state index is 0.0263. The number of amides is 2. The molecule has 0 bridgehead atoms. The molecule has 13 heteroatoms. The maximum Gasteiger partial charge on any atom is 0.309 e. The number of nitro groups is 1. The molecule has 2 aromatic rings. The average Bonchev–Trinajstić information content (AvgIpc) is 3.26. The predicted molar refractivity (Wildman–Crippen MR) is 113 cm³/mol. The first-order valence-electron chi connectivity index (χ1n) is 9.37. The monoisotopic (exact) mass is 482 g/mol. The molecule has 32 heavy (non-hydrogen) atoms. The standard InChI is InChI=1S/C19H19ClN4O7S/c20-16-4-2-1-3-13(16)11-21-18(25)19(26)22-12-17-23(9-10-31-17)32(29,30)15-7-5-14(6-8-15)24(27)28/h1-8,17H,9-12H2,(H,21,25)(H,22,26)/t17-/m0/s1. The van der Waals surface area contributed by atoms with Gasteiger partial charge in [0.2, 0.25) is 10.0 Å². The second-order valence-electron chi connectivity index (χ2n) is 6.68. The number of hydrogen-bond acceptors (Lipinski definition) is 7. The zero-order valence-corrected chi connectivity index (χ0v) is 18.1. The van der Waals surface area contributed by atoms with Crippen LogP contribution in [0.4, 0.5) is 5.69 Å². The van der Waals surface area contributed by atoms with Crippen LogP contribution in [0, 0.1) is 10.1 Å². The molecule has 0 saturated carbocycles. The minimum Gasteiger partial charge on any atom is -0.359 e. The lowest BCUT2D eigenvalue weighted by molar-refractivity contribution is -0.384.